The zero-order valence-electron chi connectivity index (χ0n) is 14.0. The minimum atomic E-state index is -0.991. The summed E-state index contributed by atoms with van der Waals surface area (Å²) in [5.41, 5.74) is 0.745. The van der Waals surface area contributed by atoms with Gasteiger partial charge in [0.25, 0.3) is 11.8 Å². The normalized spacial score (nSPS) is 12.9. The average molecular weight is 364 g/mol. The predicted molar refractivity (Wildman–Crippen MR) is 90.8 cm³/mol. The van der Waals surface area contributed by atoms with E-state index in [2.05, 4.69) is 5.16 Å². The number of aromatic nitrogens is 1. The number of fused-ring (bicyclic) bond motifs is 1. The van der Waals surface area contributed by atoms with E-state index in [1.54, 1.807) is 36.4 Å². The second-order valence-corrected chi connectivity index (χ2v) is 5.61. The molecule has 4 rings (SSSR count). The van der Waals surface area contributed by atoms with Crippen molar-refractivity contribution in [2.75, 3.05) is 7.11 Å². The highest BCUT2D eigenvalue weighted by Crippen LogP contribution is 2.30. The Balaban J connectivity index is 1.56. The van der Waals surface area contributed by atoms with E-state index in [9.17, 15) is 14.4 Å². The predicted octanol–water partition coefficient (Wildman–Crippen LogP) is 2.72. The minimum Gasteiger partial charge on any atom is -0.496 e. The summed E-state index contributed by atoms with van der Waals surface area (Å²) < 4.78 is 10.4. The van der Waals surface area contributed by atoms with Crippen LogP contribution in [0.25, 0.3) is 11.3 Å². The molecule has 0 saturated carbocycles. The van der Waals surface area contributed by atoms with Crippen LogP contribution in [-0.2, 0) is 4.84 Å². The van der Waals surface area contributed by atoms with Gasteiger partial charge in [0.15, 0.2) is 11.5 Å². The lowest BCUT2D eigenvalue weighted by Crippen LogP contribution is -2.32. The molecule has 8 heteroatoms. The summed E-state index contributed by atoms with van der Waals surface area (Å²) in [7, 11) is 1.51. The van der Waals surface area contributed by atoms with Crippen molar-refractivity contribution in [2.45, 2.75) is 0 Å². The van der Waals surface area contributed by atoms with Crippen LogP contribution in [0.4, 0.5) is 0 Å². The van der Waals surface area contributed by atoms with Crippen LogP contribution >= 0.6 is 0 Å². The number of para-hydroxylation sites is 1. The lowest BCUT2D eigenvalue weighted by atomic mass is 10.1. The lowest BCUT2D eigenvalue weighted by Gasteiger charge is -2.11. The fourth-order valence-corrected chi connectivity index (χ4v) is 2.73. The van der Waals surface area contributed by atoms with Gasteiger partial charge in [-0.15, -0.1) is 0 Å². The number of ether oxygens (including phenoxy) is 1. The monoisotopic (exact) mass is 364 g/mol. The van der Waals surface area contributed by atoms with Crippen LogP contribution in [0.5, 0.6) is 5.75 Å². The number of carbonyl (C=O) groups excluding carboxylic acids is 3. The van der Waals surface area contributed by atoms with Gasteiger partial charge in [-0.1, -0.05) is 34.5 Å². The van der Waals surface area contributed by atoms with Crippen LogP contribution in [0.2, 0.25) is 0 Å². The van der Waals surface area contributed by atoms with Gasteiger partial charge in [0.05, 0.1) is 23.8 Å². The molecule has 0 fully saturated rings. The molecule has 0 bridgehead atoms. The Kier molecular flexibility index (Phi) is 3.92. The largest absolute Gasteiger partial charge is 0.496 e. The quantitative estimate of drug-likeness (QED) is 0.656. The Morgan fingerprint density at radius 3 is 2.19 bits per heavy atom. The van der Waals surface area contributed by atoms with Crippen LogP contribution in [0, 0.1) is 0 Å². The third kappa shape index (κ3) is 2.73. The van der Waals surface area contributed by atoms with Crippen molar-refractivity contribution in [1.82, 2.24) is 10.2 Å². The van der Waals surface area contributed by atoms with Crippen LogP contribution in [-0.4, -0.2) is 35.1 Å². The number of rotatable bonds is 4. The number of hydrogen-bond donors (Lipinski definition) is 0. The van der Waals surface area contributed by atoms with E-state index in [0.29, 0.717) is 16.4 Å². The Morgan fingerprint density at radius 1 is 0.963 bits per heavy atom. The van der Waals surface area contributed by atoms with E-state index < -0.39 is 17.8 Å². The van der Waals surface area contributed by atoms with Gasteiger partial charge in [-0.25, -0.2) is 4.79 Å². The summed E-state index contributed by atoms with van der Waals surface area (Å²) in [5, 5.41) is 4.08. The van der Waals surface area contributed by atoms with E-state index in [1.807, 2.05) is 0 Å². The third-order valence-corrected chi connectivity index (χ3v) is 4.02. The van der Waals surface area contributed by atoms with E-state index >= 15 is 0 Å². The molecule has 0 radical (unpaired) electrons. The van der Waals surface area contributed by atoms with Crippen molar-refractivity contribution in [1.29, 1.82) is 0 Å². The topological polar surface area (TPSA) is 98.9 Å². The number of benzene rings is 2. The highest BCUT2D eigenvalue weighted by Gasteiger charge is 2.39. The summed E-state index contributed by atoms with van der Waals surface area (Å²) >= 11 is 0. The van der Waals surface area contributed by atoms with Crippen molar-refractivity contribution in [3.8, 4) is 17.1 Å². The molecule has 1 aliphatic heterocycles. The Morgan fingerprint density at radius 2 is 1.56 bits per heavy atom. The number of hydrogen-bond acceptors (Lipinski definition) is 7. The fourth-order valence-electron chi connectivity index (χ4n) is 2.73. The van der Waals surface area contributed by atoms with E-state index in [0.717, 1.165) is 0 Å². The van der Waals surface area contributed by atoms with Crippen LogP contribution in [0.15, 0.2) is 59.1 Å². The number of amides is 2. The molecule has 3 aromatic rings. The Hall–Kier alpha value is -3.94. The number of imide groups is 1. The molecule has 0 aliphatic carbocycles. The molecule has 134 valence electrons. The Labute approximate surface area is 152 Å². The zero-order chi connectivity index (χ0) is 19.0. The third-order valence-electron chi connectivity index (χ3n) is 4.02. The summed E-state index contributed by atoms with van der Waals surface area (Å²) in [4.78, 5) is 41.8. The number of carbonyl (C=O) groups is 3. The maximum absolute atomic E-state index is 12.3. The fraction of sp³-hybridized carbons (Fsp3) is 0.0526. The number of methoxy groups -OCH3 is 1. The van der Waals surface area contributed by atoms with Crippen molar-refractivity contribution >= 4 is 17.8 Å². The van der Waals surface area contributed by atoms with Gasteiger partial charge in [0.2, 0.25) is 0 Å². The molecule has 8 nitrogen and oxygen atoms in total. The minimum absolute atomic E-state index is 0.171. The summed E-state index contributed by atoms with van der Waals surface area (Å²) in [5.74, 6) is -1.60. The van der Waals surface area contributed by atoms with Gasteiger partial charge in [0, 0.05) is 6.07 Å². The van der Waals surface area contributed by atoms with Crippen LogP contribution in [0.3, 0.4) is 0 Å². The Bertz CT molecular complexity index is 1040. The van der Waals surface area contributed by atoms with Gasteiger partial charge >= 0.3 is 5.97 Å². The van der Waals surface area contributed by atoms with Crippen molar-refractivity contribution in [2.24, 2.45) is 0 Å². The van der Waals surface area contributed by atoms with Crippen LogP contribution in [0.1, 0.15) is 31.2 Å². The van der Waals surface area contributed by atoms with Crippen molar-refractivity contribution < 1.29 is 28.5 Å². The summed E-state index contributed by atoms with van der Waals surface area (Å²) in [6.07, 6.45) is 0. The summed E-state index contributed by atoms with van der Waals surface area (Å²) in [6, 6.07) is 14.6. The molecular formula is C19H12N2O6. The van der Waals surface area contributed by atoms with E-state index in [-0.39, 0.29) is 22.6 Å². The number of hydroxylamine groups is 2. The van der Waals surface area contributed by atoms with Crippen molar-refractivity contribution in [3.05, 3.63) is 71.4 Å². The average Bonchev–Trinajstić information content (AvgIpc) is 3.28. The molecule has 1 aromatic heterocycles. The first kappa shape index (κ1) is 16.5. The zero-order valence-corrected chi connectivity index (χ0v) is 14.0. The number of nitrogens with zero attached hydrogens (tertiary/aromatic N) is 2. The van der Waals surface area contributed by atoms with E-state index in [1.165, 1.54) is 25.3 Å². The summed E-state index contributed by atoms with van der Waals surface area (Å²) in [6.45, 7) is 0. The molecular weight excluding hydrogens is 352 g/mol. The van der Waals surface area contributed by atoms with Crippen LogP contribution < -0.4 is 4.74 Å². The second kappa shape index (κ2) is 6.41. The SMILES string of the molecule is COc1ccccc1-c1cc(C(=O)ON2C(=O)c3ccccc3C2=O)no1. The van der Waals surface area contributed by atoms with Crippen molar-refractivity contribution in [3.63, 3.8) is 0 Å². The molecule has 0 saturated heterocycles. The van der Waals surface area contributed by atoms with Gasteiger partial charge in [-0.2, -0.15) is 0 Å². The van der Waals surface area contributed by atoms with Gasteiger partial charge in [-0.3, -0.25) is 9.59 Å². The van der Waals surface area contributed by atoms with Gasteiger partial charge in [0.1, 0.15) is 5.75 Å². The molecule has 0 atom stereocenters. The molecule has 1 aliphatic rings. The first-order valence-corrected chi connectivity index (χ1v) is 7.90. The van der Waals surface area contributed by atoms with Gasteiger partial charge in [-0.05, 0) is 24.3 Å². The first-order valence-electron chi connectivity index (χ1n) is 7.90. The molecule has 2 amide bonds. The second-order valence-electron chi connectivity index (χ2n) is 5.61. The standard InChI is InChI=1S/C19H12N2O6/c1-25-15-9-5-4-8-13(15)16-10-14(20-26-16)19(24)27-21-17(22)11-6-2-3-7-12(11)18(21)23/h2-10H,1H3. The maximum atomic E-state index is 12.3. The highest BCUT2D eigenvalue weighted by atomic mass is 16.7. The van der Waals surface area contributed by atoms with E-state index in [4.69, 9.17) is 14.1 Å². The van der Waals surface area contributed by atoms with Gasteiger partial charge < -0.3 is 14.1 Å². The molecule has 0 unspecified atom stereocenters. The maximum Gasteiger partial charge on any atom is 0.385 e. The molecule has 27 heavy (non-hydrogen) atoms. The highest BCUT2D eigenvalue weighted by molar-refractivity contribution is 6.21. The lowest BCUT2D eigenvalue weighted by molar-refractivity contribution is -0.0590. The molecule has 2 aromatic carbocycles. The first-order chi connectivity index (χ1) is 13.1. The molecule has 0 N–H and O–H groups in total. The smallest absolute Gasteiger partial charge is 0.385 e. The molecule has 0 spiro atoms. The molecule has 2 heterocycles.